The summed E-state index contributed by atoms with van der Waals surface area (Å²) in [5.74, 6) is 0.999. The molecule has 2 aromatic heterocycles. The van der Waals surface area contributed by atoms with Gasteiger partial charge >= 0.3 is 0 Å². The molecule has 154 valence electrons. The van der Waals surface area contributed by atoms with Crippen molar-refractivity contribution in [3.8, 4) is 17.1 Å². The van der Waals surface area contributed by atoms with Gasteiger partial charge in [-0.05, 0) is 60.5 Å². The number of hydrogen-bond acceptors (Lipinski definition) is 5. The van der Waals surface area contributed by atoms with Crippen LogP contribution in [0.2, 0.25) is 5.02 Å². The number of benzene rings is 2. The smallest absolute Gasteiger partial charge is 0.197 e. The normalized spacial score (nSPS) is 14.6. The number of aryl methyl sites for hydroxylation is 1. The van der Waals surface area contributed by atoms with E-state index in [1.165, 1.54) is 11.3 Å². The molecule has 0 N–H and O–H groups in total. The lowest BCUT2D eigenvalue weighted by Gasteiger charge is -2.03. The minimum Gasteiger partial charge on any atom is -0.497 e. The van der Waals surface area contributed by atoms with Crippen LogP contribution in [0.4, 0.5) is 0 Å². The predicted octanol–water partition coefficient (Wildman–Crippen LogP) is 6.85. The summed E-state index contributed by atoms with van der Waals surface area (Å²) in [6.07, 6.45) is 2.35. The Morgan fingerprint density at radius 1 is 1.03 bits per heavy atom. The fourth-order valence-corrected chi connectivity index (χ4v) is 5.02. The molecule has 1 aliphatic carbocycles. The molecule has 2 heterocycles. The average Bonchev–Trinajstić information content (AvgIpc) is 3.41. The van der Waals surface area contributed by atoms with E-state index in [-0.39, 0.29) is 17.1 Å². The van der Waals surface area contributed by atoms with Crippen LogP contribution in [0.15, 0.2) is 58.5 Å². The number of allylic oxidation sites excluding steroid dienone is 1. The third kappa shape index (κ3) is 3.30. The van der Waals surface area contributed by atoms with E-state index in [1.54, 1.807) is 25.3 Å². The molecule has 0 bridgehead atoms. The first-order chi connectivity index (χ1) is 15.0. The van der Waals surface area contributed by atoms with Gasteiger partial charge in [-0.15, -0.1) is 11.3 Å². The van der Waals surface area contributed by atoms with Crippen molar-refractivity contribution in [3.63, 3.8) is 0 Å². The van der Waals surface area contributed by atoms with Gasteiger partial charge in [0.05, 0.1) is 17.4 Å². The first-order valence-corrected chi connectivity index (χ1v) is 11.0. The Kier molecular flexibility index (Phi) is 4.80. The molecule has 0 spiro atoms. The topological polar surface area (TPSA) is 56.5 Å². The van der Waals surface area contributed by atoms with Crippen LogP contribution in [-0.4, -0.2) is 18.7 Å². The highest BCUT2D eigenvalue weighted by Crippen LogP contribution is 2.37. The largest absolute Gasteiger partial charge is 0.497 e. The highest BCUT2D eigenvalue weighted by atomic mass is 35.5. The molecule has 0 radical (unpaired) electrons. The maximum Gasteiger partial charge on any atom is 0.197 e. The first kappa shape index (κ1) is 19.8. The van der Waals surface area contributed by atoms with Gasteiger partial charge in [-0.2, -0.15) is 0 Å². The third-order valence-electron chi connectivity index (χ3n) is 5.43. The number of hydrogen-bond donors (Lipinski definition) is 0. The van der Waals surface area contributed by atoms with Gasteiger partial charge in [0.2, 0.25) is 0 Å². The van der Waals surface area contributed by atoms with Crippen molar-refractivity contribution in [1.82, 2.24) is 0 Å². The van der Waals surface area contributed by atoms with E-state index in [0.717, 1.165) is 37.8 Å². The Morgan fingerprint density at radius 3 is 2.39 bits per heavy atom. The van der Waals surface area contributed by atoms with Crippen LogP contribution in [0, 0.1) is 0 Å². The zero-order chi connectivity index (χ0) is 21.7. The summed E-state index contributed by atoms with van der Waals surface area (Å²) in [7, 11) is 1.63. The fourth-order valence-electron chi connectivity index (χ4n) is 3.75. The maximum atomic E-state index is 12.9. The first-order valence-electron chi connectivity index (χ1n) is 9.79. The molecule has 0 saturated heterocycles. The highest BCUT2D eigenvalue weighted by molar-refractivity contribution is 7.19. The Morgan fingerprint density at radius 2 is 1.74 bits per heavy atom. The van der Waals surface area contributed by atoms with E-state index in [4.69, 9.17) is 20.8 Å². The highest BCUT2D eigenvalue weighted by Gasteiger charge is 2.34. The Bertz CT molecular complexity index is 1360. The molecule has 4 nitrogen and oxygen atoms in total. The summed E-state index contributed by atoms with van der Waals surface area (Å²) < 4.78 is 12.1. The van der Waals surface area contributed by atoms with E-state index in [9.17, 15) is 9.59 Å². The monoisotopic (exact) mass is 448 g/mol. The van der Waals surface area contributed by atoms with Crippen molar-refractivity contribution in [2.75, 3.05) is 7.11 Å². The van der Waals surface area contributed by atoms with Crippen LogP contribution in [0.3, 0.4) is 0 Å². The lowest BCUT2D eigenvalue weighted by molar-refractivity contribution is 0.0990. The lowest BCUT2D eigenvalue weighted by atomic mass is 10.0. The Labute approximate surface area is 187 Å². The van der Waals surface area contributed by atoms with Crippen LogP contribution < -0.4 is 4.74 Å². The standard InChI is InChI=1S/C25H17ClO4S/c1-3-13-8-17-18(11-20(13)26)25(28)19(24(17)27)9-16-10-22-23(31-16)12-21(30-22)14-4-6-15(29-2)7-5-14/h4-12H,3H2,1-2H3/b19-9-. The molecule has 6 heteroatoms. The van der Waals surface area contributed by atoms with E-state index in [1.807, 2.05) is 43.3 Å². The molecule has 0 aliphatic heterocycles. The molecule has 0 amide bonds. The van der Waals surface area contributed by atoms with E-state index in [0.29, 0.717) is 22.6 Å². The number of carbonyl (C=O) groups excluding carboxylic acids is 2. The molecule has 0 saturated carbocycles. The minimum atomic E-state index is -0.284. The number of carbonyl (C=O) groups is 2. The summed E-state index contributed by atoms with van der Waals surface area (Å²) in [5.41, 5.74) is 3.50. The van der Waals surface area contributed by atoms with Gasteiger partial charge in [-0.3, -0.25) is 9.59 Å². The summed E-state index contributed by atoms with van der Waals surface area (Å²) in [4.78, 5) is 26.5. The number of rotatable bonds is 4. The molecule has 0 unspecified atom stereocenters. The van der Waals surface area contributed by atoms with Crippen molar-refractivity contribution in [2.24, 2.45) is 0 Å². The Hall–Kier alpha value is -3.15. The zero-order valence-corrected chi connectivity index (χ0v) is 18.4. The molecular weight excluding hydrogens is 432 g/mol. The van der Waals surface area contributed by atoms with Crippen LogP contribution in [-0.2, 0) is 6.42 Å². The van der Waals surface area contributed by atoms with Crippen molar-refractivity contribution in [1.29, 1.82) is 0 Å². The van der Waals surface area contributed by atoms with Gasteiger partial charge in [0.1, 0.15) is 17.1 Å². The molecule has 31 heavy (non-hydrogen) atoms. The van der Waals surface area contributed by atoms with Crippen molar-refractivity contribution in [2.45, 2.75) is 13.3 Å². The summed E-state index contributed by atoms with van der Waals surface area (Å²) >= 11 is 7.73. The summed E-state index contributed by atoms with van der Waals surface area (Å²) in [5, 5.41) is 0.517. The van der Waals surface area contributed by atoms with Crippen LogP contribution >= 0.6 is 22.9 Å². The number of Topliss-reactive ketones (excluding diaryl/α,β-unsaturated/α-hetero) is 2. The van der Waals surface area contributed by atoms with Gasteiger partial charge in [0, 0.05) is 32.7 Å². The van der Waals surface area contributed by atoms with Crippen LogP contribution in [0.5, 0.6) is 5.75 Å². The summed E-state index contributed by atoms with van der Waals surface area (Å²) in [6.45, 7) is 1.96. The number of fused-ring (bicyclic) bond motifs is 2. The zero-order valence-electron chi connectivity index (χ0n) is 16.8. The number of ketones is 2. The molecule has 1 aliphatic rings. The maximum absolute atomic E-state index is 12.9. The lowest BCUT2D eigenvalue weighted by Crippen LogP contribution is -1.99. The van der Waals surface area contributed by atoms with Gasteiger partial charge in [-0.1, -0.05) is 18.5 Å². The number of methoxy groups -OCH3 is 1. The van der Waals surface area contributed by atoms with Crippen LogP contribution in [0.25, 0.3) is 27.7 Å². The van der Waals surface area contributed by atoms with Crippen LogP contribution in [0.1, 0.15) is 38.1 Å². The molecule has 0 fully saturated rings. The van der Waals surface area contributed by atoms with Crippen molar-refractivity contribution >= 4 is 50.9 Å². The number of ether oxygens (including phenoxy) is 1. The predicted molar refractivity (Wildman–Crippen MR) is 124 cm³/mol. The third-order valence-corrected chi connectivity index (χ3v) is 6.80. The number of thiophene rings is 1. The second-order valence-corrected chi connectivity index (χ2v) is 8.80. The molecule has 5 rings (SSSR count). The molecule has 4 aromatic rings. The van der Waals surface area contributed by atoms with Gasteiger partial charge in [0.15, 0.2) is 11.6 Å². The molecular formula is C25H17ClO4S. The van der Waals surface area contributed by atoms with Crippen molar-refractivity contribution in [3.05, 3.63) is 80.7 Å². The molecule has 0 atom stereocenters. The quantitative estimate of drug-likeness (QED) is 0.253. The number of halogens is 1. The Balaban J connectivity index is 1.48. The van der Waals surface area contributed by atoms with Gasteiger partial charge in [0.25, 0.3) is 0 Å². The van der Waals surface area contributed by atoms with E-state index < -0.39 is 0 Å². The summed E-state index contributed by atoms with van der Waals surface area (Å²) in [6, 6.07) is 14.8. The SMILES string of the molecule is CCc1cc2c(cc1Cl)C(=O)/C(=C\c1cc3oc(-c4ccc(OC)cc4)cc3s1)C2=O. The number of furan rings is 1. The average molecular weight is 449 g/mol. The van der Waals surface area contributed by atoms with E-state index in [2.05, 4.69) is 0 Å². The fraction of sp³-hybridized carbons (Fsp3) is 0.120. The van der Waals surface area contributed by atoms with Gasteiger partial charge in [-0.25, -0.2) is 0 Å². The minimum absolute atomic E-state index is 0.165. The van der Waals surface area contributed by atoms with E-state index >= 15 is 0 Å². The van der Waals surface area contributed by atoms with Gasteiger partial charge < -0.3 is 9.15 Å². The second-order valence-electron chi connectivity index (χ2n) is 7.28. The molecule has 2 aromatic carbocycles. The van der Waals surface area contributed by atoms with Crippen molar-refractivity contribution < 1.29 is 18.7 Å². The second kappa shape index (κ2) is 7.52.